The van der Waals surface area contributed by atoms with E-state index in [-0.39, 0.29) is 24.1 Å². The SMILES string of the molecule is CC(C)=CCN1c2c(nc(CCc3ccccc3)n(C)c2=O)N(OC(=O)C(F)(F)F)C1N1CCCC(N)C1. The molecule has 0 spiro atoms. The molecular formula is C26H33F3N6O3. The Morgan fingerprint density at radius 3 is 2.55 bits per heavy atom. The molecule has 2 aliphatic rings. The van der Waals surface area contributed by atoms with Gasteiger partial charge in [0, 0.05) is 39.1 Å². The van der Waals surface area contributed by atoms with E-state index in [0.717, 1.165) is 22.6 Å². The summed E-state index contributed by atoms with van der Waals surface area (Å²) in [6.07, 6.45) is -1.99. The third-order valence-electron chi connectivity index (χ3n) is 6.73. The summed E-state index contributed by atoms with van der Waals surface area (Å²) in [6, 6.07) is 9.37. The van der Waals surface area contributed by atoms with Gasteiger partial charge in [0.2, 0.25) is 0 Å². The van der Waals surface area contributed by atoms with E-state index >= 15 is 0 Å². The number of anilines is 2. The average molecular weight is 535 g/mol. The lowest BCUT2D eigenvalue weighted by Gasteiger charge is -2.41. The second-order valence-electron chi connectivity index (χ2n) is 9.93. The molecule has 4 rings (SSSR count). The summed E-state index contributed by atoms with van der Waals surface area (Å²) in [7, 11) is 1.59. The number of aryl methyl sites for hydroxylation is 2. The summed E-state index contributed by atoms with van der Waals surface area (Å²) >= 11 is 0. The normalized spacial score (nSPS) is 19.9. The van der Waals surface area contributed by atoms with Crippen LogP contribution < -0.4 is 21.3 Å². The van der Waals surface area contributed by atoms with Crippen molar-refractivity contribution in [3.05, 3.63) is 63.7 Å². The molecule has 206 valence electrons. The van der Waals surface area contributed by atoms with E-state index < -0.39 is 24.0 Å². The molecule has 3 heterocycles. The average Bonchev–Trinajstić information content (AvgIpc) is 3.17. The third-order valence-corrected chi connectivity index (χ3v) is 6.73. The number of nitrogens with zero attached hydrogens (tertiary/aromatic N) is 5. The Morgan fingerprint density at radius 1 is 1.21 bits per heavy atom. The van der Waals surface area contributed by atoms with Crippen LogP contribution in [0.15, 0.2) is 46.8 Å². The van der Waals surface area contributed by atoms with Crippen LogP contribution in [0.4, 0.5) is 24.7 Å². The number of piperidine rings is 1. The predicted octanol–water partition coefficient (Wildman–Crippen LogP) is 2.89. The van der Waals surface area contributed by atoms with Crippen LogP contribution in [0, 0.1) is 0 Å². The molecule has 2 aliphatic heterocycles. The Morgan fingerprint density at radius 2 is 1.92 bits per heavy atom. The largest absolute Gasteiger partial charge is 0.493 e. The van der Waals surface area contributed by atoms with Gasteiger partial charge in [0.15, 0.2) is 17.8 Å². The van der Waals surface area contributed by atoms with Crippen LogP contribution >= 0.6 is 0 Å². The van der Waals surface area contributed by atoms with Gasteiger partial charge in [0.1, 0.15) is 5.82 Å². The van der Waals surface area contributed by atoms with Crippen molar-refractivity contribution in [3.8, 4) is 0 Å². The summed E-state index contributed by atoms with van der Waals surface area (Å²) in [5.74, 6) is -2.13. The quantitative estimate of drug-likeness (QED) is 0.542. The molecule has 0 radical (unpaired) electrons. The highest BCUT2D eigenvalue weighted by Crippen LogP contribution is 2.39. The van der Waals surface area contributed by atoms with Gasteiger partial charge in [-0.05, 0) is 38.7 Å². The number of alkyl halides is 3. The smallest absolute Gasteiger partial charge is 0.327 e. The Balaban J connectivity index is 1.81. The van der Waals surface area contributed by atoms with Crippen molar-refractivity contribution >= 4 is 17.5 Å². The van der Waals surface area contributed by atoms with E-state index in [4.69, 9.17) is 10.6 Å². The van der Waals surface area contributed by atoms with Crippen molar-refractivity contribution in [1.29, 1.82) is 0 Å². The van der Waals surface area contributed by atoms with Crippen molar-refractivity contribution in [2.75, 3.05) is 29.6 Å². The number of allylic oxidation sites excluding steroid dienone is 1. The van der Waals surface area contributed by atoms with Gasteiger partial charge in [0.25, 0.3) is 5.56 Å². The lowest BCUT2D eigenvalue weighted by molar-refractivity contribution is -0.203. The van der Waals surface area contributed by atoms with Crippen molar-refractivity contribution in [2.24, 2.45) is 12.8 Å². The molecule has 9 nitrogen and oxygen atoms in total. The van der Waals surface area contributed by atoms with E-state index in [1.165, 1.54) is 4.57 Å². The van der Waals surface area contributed by atoms with E-state index in [1.807, 2.05) is 55.2 Å². The second-order valence-corrected chi connectivity index (χ2v) is 9.93. The van der Waals surface area contributed by atoms with Gasteiger partial charge in [0.05, 0.1) is 0 Å². The van der Waals surface area contributed by atoms with Gasteiger partial charge in [-0.2, -0.15) is 13.2 Å². The van der Waals surface area contributed by atoms with Crippen molar-refractivity contribution < 1.29 is 22.8 Å². The molecule has 1 saturated heterocycles. The highest BCUT2D eigenvalue weighted by atomic mass is 19.4. The number of carbonyl (C=O) groups excluding carboxylic acids is 1. The maximum absolute atomic E-state index is 13.7. The summed E-state index contributed by atoms with van der Waals surface area (Å²) in [5, 5.41) is 0.843. The highest BCUT2D eigenvalue weighted by Gasteiger charge is 2.50. The molecule has 2 unspecified atom stereocenters. The first-order chi connectivity index (χ1) is 18.0. The Bertz CT molecular complexity index is 1240. The monoisotopic (exact) mass is 534 g/mol. The zero-order chi connectivity index (χ0) is 27.6. The molecule has 0 saturated carbocycles. The molecule has 38 heavy (non-hydrogen) atoms. The standard InChI is InChI=1S/C26H33F3N6O3/c1-17(2)13-15-34-21-22(31-20(32(3)23(21)36)12-11-18-8-5-4-6-9-18)35(38-24(37)26(27,28)29)25(34)33-14-7-10-19(30)16-33/h4-6,8-9,13,19,25H,7,10-12,14-16,30H2,1-3H3. The third kappa shape index (κ3) is 5.86. The number of fused-ring (bicyclic) bond motifs is 1. The van der Waals surface area contributed by atoms with Crippen molar-refractivity contribution in [2.45, 2.75) is 58.0 Å². The number of halogens is 3. The molecule has 12 heteroatoms. The predicted molar refractivity (Wildman–Crippen MR) is 137 cm³/mol. The minimum atomic E-state index is -5.23. The molecule has 1 aromatic heterocycles. The summed E-state index contributed by atoms with van der Waals surface area (Å²) in [4.78, 5) is 38.8. The van der Waals surface area contributed by atoms with Crippen LogP contribution in [0.5, 0.6) is 0 Å². The first kappa shape index (κ1) is 27.6. The molecule has 0 amide bonds. The zero-order valence-corrected chi connectivity index (χ0v) is 21.7. The van der Waals surface area contributed by atoms with Crippen molar-refractivity contribution in [1.82, 2.24) is 14.5 Å². The minimum absolute atomic E-state index is 0.0765. The number of likely N-dealkylation sites (tertiary alicyclic amines) is 1. The van der Waals surface area contributed by atoms with Crippen molar-refractivity contribution in [3.63, 3.8) is 0 Å². The van der Waals surface area contributed by atoms with E-state index in [0.29, 0.717) is 38.2 Å². The molecule has 1 aromatic carbocycles. The number of hydrogen-bond donors (Lipinski definition) is 1. The number of benzene rings is 1. The summed E-state index contributed by atoms with van der Waals surface area (Å²) in [6.45, 7) is 4.82. The molecule has 1 fully saturated rings. The van der Waals surface area contributed by atoms with Crippen LogP contribution in [-0.4, -0.2) is 58.6 Å². The molecule has 0 aliphatic carbocycles. The first-order valence-electron chi connectivity index (χ1n) is 12.6. The summed E-state index contributed by atoms with van der Waals surface area (Å²) in [5.41, 5.74) is 7.81. The fraction of sp³-hybridized carbons (Fsp3) is 0.500. The van der Waals surface area contributed by atoms with Gasteiger partial charge >= 0.3 is 12.1 Å². The van der Waals surface area contributed by atoms with E-state index in [1.54, 1.807) is 11.9 Å². The van der Waals surface area contributed by atoms with Crippen LogP contribution in [-0.2, 0) is 29.5 Å². The second kappa shape index (κ2) is 11.2. The number of rotatable bonds is 7. The number of hydrogen-bond acceptors (Lipinski definition) is 8. The Labute approximate surface area is 219 Å². The zero-order valence-electron chi connectivity index (χ0n) is 21.7. The fourth-order valence-corrected chi connectivity index (χ4v) is 4.80. The maximum Gasteiger partial charge on any atom is 0.493 e. The lowest BCUT2D eigenvalue weighted by Crippen LogP contribution is -2.60. The number of aromatic nitrogens is 2. The van der Waals surface area contributed by atoms with Crippen LogP contribution in [0.2, 0.25) is 0 Å². The van der Waals surface area contributed by atoms with E-state index in [2.05, 4.69) is 4.98 Å². The van der Waals surface area contributed by atoms with Gasteiger partial charge in [-0.15, -0.1) is 5.06 Å². The Hall–Kier alpha value is -3.38. The number of carbonyl (C=O) groups is 1. The van der Waals surface area contributed by atoms with Gasteiger partial charge < -0.3 is 15.5 Å². The molecule has 2 atom stereocenters. The number of nitrogens with two attached hydrogens (primary N) is 1. The molecule has 2 N–H and O–H groups in total. The van der Waals surface area contributed by atoms with Crippen LogP contribution in [0.3, 0.4) is 0 Å². The van der Waals surface area contributed by atoms with Crippen LogP contribution in [0.1, 0.15) is 38.1 Å². The topological polar surface area (TPSA) is 96.9 Å². The van der Waals surface area contributed by atoms with Crippen LogP contribution in [0.25, 0.3) is 0 Å². The van der Waals surface area contributed by atoms with Gasteiger partial charge in [-0.1, -0.05) is 42.0 Å². The lowest BCUT2D eigenvalue weighted by atomic mass is 10.1. The first-order valence-corrected chi connectivity index (χ1v) is 12.6. The minimum Gasteiger partial charge on any atom is -0.327 e. The summed E-state index contributed by atoms with van der Waals surface area (Å²) < 4.78 is 41.5. The Kier molecular flexibility index (Phi) is 8.12. The van der Waals surface area contributed by atoms with Gasteiger partial charge in [-0.3, -0.25) is 14.3 Å². The fourth-order valence-electron chi connectivity index (χ4n) is 4.80. The van der Waals surface area contributed by atoms with E-state index in [9.17, 15) is 22.8 Å². The highest BCUT2D eigenvalue weighted by molar-refractivity contribution is 5.79. The molecule has 2 aromatic rings. The van der Waals surface area contributed by atoms with Gasteiger partial charge in [-0.25, -0.2) is 9.78 Å². The number of hydroxylamine groups is 1. The molecular weight excluding hydrogens is 501 g/mol. The maximum atomic E-state index is 13.7. The molecule has 0 bridgehead atoms.